The van der Waals surface area contributed by atoms with Crippen molar-refractivity contribution >= 4 is 29.0 Å². The maximum atomic E-state index is 11.9. The van der Waals surface area contributed by atoms with E-state index in [0.717, 1.165) is 16.1 Å². The lowest BCUT2D eigenvalue weighted by atomic mass is 10.1. The summed E-state index contributed by atoms with van der Waals surface area (Å²) in [6, 6.07) is 4.74. The third-order valence-electron chi connectivity index (χ3n) is 2.96. The SMILES string of the molecule is CC(C)c1nnsc1CNC(=O)Cc1ccc(O)c(Cl)c1. The molecule has 0 aliphatic carbocycles. The van der Waals surface area contributed by atoms with E-state index in [1.54, 1.807) is 12.1 Å². The highest BCUT2D eigenvalue weighted by Gasteiger charge is 2.13. The number of aromatic nitrogens is 2. The van der Waals surface area contributed by atoms with Crippen molar-refractivity contribution in [3.8, 4) is 5.75 Å². The Balaban J connectivity index is 1.93. The fourth-order valence-corrected chi connectivity index (χ4v) is 2.80. The number of hydrogen-bond acceptors (Lipinski definition) is 5. The summed E-state index contributed by atoms with van der Waals surface area (Å²) in [5.41, 5.74) is 1.68. The second-order valence-electron chi connectivity index (χ2n) is 4.98. The zero-order valence-corrected chi connectivity index (χ0v) is 13.3. The lowest BCUT2D eigenvalue weighted by Crippen LogP contribution is -2.24. The van der Waals surface area contributed by atoms with Gasteiger partial charge in [-0.1, -0.05) is 36.0 Å². The molecule has 112 valence electrons. The molecular formula is C14H16ClN3O2S. The standard InChI is InChI=1S/C14H16ClN3O2S/c1-8(2)14-12(21-18-17-14)7-16-13(20)6-9-3-4-11(19)10(15)5-9/h3-5,8,19H,6-7H2,1-2H3,(H,16,20). The molecular weight excluding hydrogens is 310 g/mol. The number of aromatic hydroxyl groups is 1. The number of halogens is 1. The summed E-state index contributed by atoms with van der Waals surface area (Å²) in [6.45, 7) is 4.51. The highest BCUT2D eigenvalue weighted by Crippen LogP contribution is 2.24. The van der Waals surface area contributed by atoms with Gasteiger partial charge >= 0.3 is 0 Å². The van der Waals surface area contributed by atoms with Crippen molar-refractivity contribution in [2.75, 3.05) is 0 Å². The van der Waals surface area contributed by atoms with Gasteiger partial charge in [0.2, 0.25) is 5.91 Å². The number of benzene rings is 1. The Morgan fingerprint density at radius 2 is 2.24 bits per heavy atom. The number of phenols is 1. The molecule has 0 saturated heterocycles. The maximum absolute atomic E-state index is 11.9. The van der Waals surface area contributed by atoms with Crippen LogP contribution in [0.25, 0.3) is 0 Å². The average molecular weight is 326 g/mol. The van der Waals surface area contributed by atoms with Crippen LogP contribution < -0.4 is 5.32 Å². The molecule has 0 radical (unpaired) electrons. The van der Waals surface area contributed by atoms with Crippen molar-refractivity contribution in [2.45, 2.75) is 32.7 Å². The normalized spacial score (nSPS) is 10.9. The third-order valence-corrected chi connectivity index (χ3v) is 3.99. The van der Waals surface area contributed by atoms with Gasteiger partial charge in [0.05, 0.1) is 28.6 Å². The van der Waals surface area contributed by atoms with Crippen molar-refractivity contribution in [1.82, 2.24) is 14.9 Å². The quantitative estimate of drug-likeness (QED) is 0.886. The van der Waals surface area contributed by atoms with E-state index >= 15 is 0 Å². The smallest absolute Gasteiger partial charge is 0.224 e. The van der Waals surface area contributed by atoms with Crippen LogP contribution in [0.15, 0.2) is 18.2 Å². The number of phenolic OH excluding ortho intramolecular Hbond substituents is 1. The van der Waals surface area contributed by atoms with Crippen LogP contribution in [-0.4, -0.2) is 20.6 Å². The molecule has 0 aliphatic rings. The molecule has 1 heterocycles. The number of carbonyl (C=O) groups is 1. The second-order valence-corrected chi connectivity index (χ2v) is 6.22. The largest absolute Gasteiger partial charge is 0.506 e. The van der Waals surface area contributed by atoms with Gasteiger partial charge in [0.1, 0.15) is 5.75 Å². The second kappa shape index (κ2) is 6.87. The van der Waals surface area contributed by atoms with Crippen molar-refractivity contribution in [2.24, 2.45) is 0 Å². The number of carbonyl (C=O) groups excluding carboxylic acids is 1. The summed E-state index contributed by atoms with van der Waals surface area (Å²) in [5.74, 6) is 0.185. The highest BCUT2D eigenvalue weighted by molar-refractivity contribution is 7.05. The predicted octanol–water partition coefficient (Wildman–Crippen LogP) is 2.88. The monoisotopic (exact) mass is 325 g/mol. The summed E-state index contributed by atoms with van der Waals surface area (Å²) in [7, 11) is 0. The molecule has 0 unspecified atom stereocenters. The molecule has 21 heavy (non-hydrogen) atoms. The Hall–Kier alpha value is -1.66. The van der Waals surface area contributed by atoms with Crippen LogP contribution in [0.4, 0.5) is 0 Å². The predicted molar refractivity (Wildman–Crippen MR) is 82.7 cm³/mol. The first-order valence-corrected chi connectivity index (χ1v) is 7.67. The van der Waals surface area contributed by atoms with Gasteiger partial charge < -0.3 is 10.4 Å². The molecule has 2 aromatic rings. The minimum absolute atomic E-state index is 0.0122. The fraction of sp³-hybridized carbons (Fsp3) is 0.357. The zero-order valence-electron chi connectivity index (χ0n) is 11.8. The van der Waals surface area contributed by atoms with Crippen molar-refractivity contribution in [1.29, 1.82) is 0 Å². The van der Waals surface area contributed by atoms with Crippen molar-refractivity contribution in [3.63, 3.8) is 0 Å². The van der Waals surface area contributed by atoms with Gasteiger partial charge in [-0.15, -0.1) is 5.10 Å². The van der Waals surface area contributed by atoms with E-state index in [1.807, 2.05) is 13.8 Å². The topological polar surface area (TPSA) is 75.1 Å². The lowest BCUT2D eigenvalue weighted by Gasteiger charge is -2.07. The van der Waals surface area contributed by atoms with Gasteiger partial charge in [0.15, 0.2) is 0 Å². The van der Waals surface area contributed by atoms with Crippen LogP contribution in [0.1, 0.15) is 35.9 Å². The summed E-state index contributed by atoms with van der Waals surface area (Å²) in [5, 5.41) is 16.5. The minimum atomic E-state index is -0.111. The van der Waals surface area contributed by atoms with E-state index in [1.165, 1.54) is 17.6 Å². The first kappa shape index (κ1) is 15.7. The van der Waals surface area contributed by atoms with Crippen molar-refractivity contribution in [3.05, 3.63) is 39.4 Å². The molecule has 0 aliphatic heterocycles. The number of rotatable bonds is 5. The van der Waals surface area contributed by atoms with Crippen LogP contribution >= 0.6 is 23.1 Å². The van der Waals surface area contributed by atoms with Gasteiger partial charge in [0.25, 0.3) is 0 Å². The van der Waals surface area contributed by atoms with Crippen LogP contribution in [0.5, 0.6) is 5.75 Å². The summed E-state index contributed by atoms with van der Waals surface area (Å²) >= 11 is 7.12. The van der Waals surface area contributed by atoms with Crippen molar-refractivity contribution < 1.29 is 9.90 Å². The molecule has 2 N–H and O–H groups in total. The fourth-order valence-electron chi connectivity index (χ4n) is 1.86. The number of hydrogen-bond donors (Lipinski definition) is 2. The van der Waals surface area contributed by atoms with Gasteiger partial charge in [-0.2, -0.15) is 0 Å². The Bertz CT molecular complexity index is 643. The van der Waals surface area contributed by atoms with E-state index in [-0.39, 0.29) is 29.0 Å². The van der Waals surface area contributed by atoms with Crippen LogP contribution in [0.3, 0.4) is 0 Å². The first-order valence-electron chi connectivity index (χ1n) is 6.52. The van der Waals surface area contributed by atoms with E-state index in [0.29, 0.717) is 6.54 Å². The highest BCUT2D eigenvalue weighted by atomic mass is 35.5. The molecule has 1 aromatic carbocycles. The molecule has 0 atom stereocenters. The average Bonchev–Trinajstić information content (AvgIpc) is 2.89. The molecule has 0 fully saturated rings. The first-order chi connectivity index (χ1) is 9.97. The van der Waals surface area contributed by atoms with Gasteiger partial charge in [-0.3, -0.25) is 4.79 Å². The Morgan fingerprint density at radius 1 is 1.48 bits per heavy atom. The number of amides is 1. The molecule has 2 rings (SSSR count). The number of nitrogens with one attached hydrogen (secondary N) is 1. The summed E-state index contributed by atoms with van der Waals surface area (Å²) in [6.07, 6.45) is 0.212. The molecule has 1 amide bonds. The molecule has 0 bridgehead atoms. The Morgan fingerprint density at radius 3 is 2.90 bits per heavy atom. The van der Waals surface area contributed by atoms with Gasteiger partial charge in [0, 0.05) is 0 Å². The molecule has 5 nitrogen and oxygen atoms in total. The third kappa shape index (κ3) is 4.15. The molecule has 0 spiro atoms. The summed E-state index contributed by atoms with van der Waals surface area (Å²) in [4.78, 5) is 12.9. The van der Waals surface area contributed by atoms with Gasteiger partial charge in [-0.05, 0) is 35.1 Å². The number of nitrogens with zero attached hydrogens (tertiary/aromatic N) is 2. The van der Waals surface area contributed by atoms with E-state index in [9.17, 15) is 9.90 Å². The van der Waals surface area contributed by atoms with E-state index < -0.39 is 0 Å². The van der Waals surface area contributed by atoms with Crippen LogP contribution in [0, 0.1) is 0 Å². The zero-order chi connectivity index (χ0) is 15.4. The molecule has 7 heteroatoms. The minimum Gasteiger partial charge on any atom is -0.506 e. The maximum Gasteiger partial charge on any atom is 0.224 e. The van der Waals surface area contributed by atoms with E-state index in [2.05, 4.69) is 14.9 Å². The molecule has 1 aromatic heterocycles. The van der Waals surface area contributed by atoms with E-state index in [4.69, 9.17) is 11.6 Å². The van der Waals surface area contributed by atoms with Crippen LogP contribution in [-0.2, 0) is 17.8 Å². The summed E-state index contributed by atoms with van der Waals surface area (Å²) < 4.78 is 3.92. The van der Waals surface area contributed by atoms with Crippen LogP contribution in [0.2, 0.25) is 5.02 Å². The lowest BCUT2D eigenvalue weighted by molar-refractivity contribution is -0.120. The van der Waals surface area contributed by atoms with Gasteiger partial charge in [-0.25, -0.2) is 0 Å². The Labute approximate surface area is 132 Å². The molecule has 0 saturated carbocycles. The Kier molecular flexibility index (Phi) is 5.14.